The second-order valence-electron chi connectivity index (χ2n) is 3.04. The maximum Gasteiger partial charge on any atom is 0.170 e. The second kappa shape index (κ2) is 3.56. The van der Waals surface area contributed by atoms with Crippen LogP contribution >= 0.6 is 0 Å². The van der Waals surface area contributed by atoms with Gasteiger partial charge in [-0.05, 0) is 12.1 Å². The van der Waals surface area contributed by atoms with Crippen molar-refractivity contribution in [3.05, 3.63) is 29.7 Å². The number of oxime groups is 1. The maximum absolute atomic E-state index is 12.8. The second-order valence-corrected chi connectivity index (χ2v) is 3.04. The molecule has 0 radical (unpaired) electrons. The van der Waals surface area contributed by atoms with Gasteiger partial charge < -0.3 is 15.5 Å². The van der Waals surface area contributed by atoms with Crippen LogP contribution < -0.4 is 5.73 Å². The van der Waals surface area contributed by atoms with Crippen LogP contribution in [-0.2, 0) is 6.42 Å². The number of halogens is 1. The molecule has 3 N–H and O–H groups in total. The fourth-order valence-electron chi connectivity index (χ4n) is 1.30. The normalized spacial score (nSPS) is 12.2. The van der Waals surface area contributed by atoms with E-state index in [-0.39, 0.29) is 12.3 Å². The summed E-state index contributed by atoms with van der Waals surface area (Å²) in [6.07, 6.45) is 0.162. The van der Waals surface area contributed by atoms with Gasteiger partial charge in [-0.2, -0.15) is 0 Å². The first-order chi connectivity index (χ1) is 7.20. The molecule has 0 atom stereocenters. The van der Waals surface area contributed by atoms with E-state index in [1.165, 1.54) is 12.1 Å². The molecule has 0 aliphatic heterocycles. The van der Waals surface area contributed by atoms with Gasteiger partial charge in [0.05, 0.1) is 12.1 Å². The van der Waals surface area contributed by atoms with Crippen LogP contribution in [0.1, 0.15) is 5.69 Å². The molecule has 1 heterocycles. The molecule has 0 saturated heterocycles. The predicted molar refractivity (Wildman–Crippen MR) is 51.1 cm³/mol. The van der Waals surface area contributed by atoms with E-state index in [1.54, 1.807) is 6.07 Å². The van der Waals surface area contributed by atoms with Crippen molar-refractivity contribution >= 4 is 16.8 Å². The average Bonchev–Trinajstić information content (AvgIpc) is 2.60. The Hall–Kier alpha value is -2.11. The van der Waals surface area contributed by atoms with E-state index in [0.717, 1.165) is 0 Å². The number of fused-ring (bicyclic) bond motifs is 1. The topological polar surface area (TPSA) is 84.6 Å². The molecule has 0 aliphatic rings. The Labute approximate surface area is 84.0 Å². The molecule has 6 heteroatoms. The van der Waals surface area contributed by atoms with Gasteiger partial charge in [0.1, 0.15) is 11.7 Å². The maximum atomic E-state index is 12.8. The predicted octanol–water partition coefficient (Wildman–Crippen LogP) is 1.26. The lowest BCUT2D eigenvalue weighted by Gasteiger charge is -1.93. The molecule has 1 aromatic heterocycles. The molecule has 5 nitrogen and oxygen atoms in total. The van der Waals surface area contributed by atoms with E-state index in [9.17, 15) is 4.39 Å². The van der Waals surface area contributed by atoms with Crippen LogP contribution in [0.3, 0.4) is 0 Å². The van der Waals surface area contributed by atoms with E-state index in [4.69, 9.17) is 15.5 Å². The van der Waals surface area contributed by atoms with Gasteiger partial charge >= 0.3 is 0 Å². The number of rotatable bonds is 2. The Morgan fingerprint density at radius 1 is 1.60 bits per heavy atom. The Bertz CT molecular complexity index is 521. The minimum Gasteiger partial charge on any atom is -0.409 e. The standard InChI is InChI=1S/C9H8FN3O2/c10-5-1-2-6-7(4-9(11)12-14)13-15-8(6)3-5/h1-3,14H,4H2,(H2,11,12). The molecule has 1 aromatic carbocycles. The van der Waals surface area contributed by atoms with E-state index in [0.29, 0.717) is 16.7 Å². The SMILES string of the molecule is N/C(Cc1noc2cc(F)ccc12)=N\O. The van der Waals surface area contributed by atoms with Gasteiger partial charge in [0.25, 0.3) is 0 Å². The van der Waals surface area contributed by atoms with Crippen LogP contribution in [0.2, 0.25) is 0 Å². The summed E-state index contributed by atoms with van der Waals surface area (Å²) in [6, 6.07) is 4.08. The molecule has 0 bridgehead atoms. The van der Waals surface area contributed by atoms with Crippen molar-refractivity contribution in [3.8, 4) is 0 Å². The summed E-state index contributed by atoms with van der Waals surface area (Å²) in [5.74, 6) is -0.372. The smallest absolute Gasteiger partial charge is 0.170 e. The summed E-state index contributed by atoms with van der Waals surface area (Å²) < 4.78 is 17.7. The van der Waals surface area contributed by atoms with Gasteiger partial charge in [0, 0.05) is 11.5 Å². The van der Waals surface area contributed by atoms with Crippen LogP contribution in [0.15, 0.2) is 27.9 Å². The fraction of sp³-hybridized carbons (Fsp3) is 0.111. The van der Waals surface area contributed by atoms with Gasteiger partial charge in [0.15, 0.2) is 5.58 Å². The van der Waals surface area contributed by atoms with Gasteiger partial charge in [0.2, 0.25) is 0 Å². The van der Waals surface area contributed by atoms with E-state index in [2.05, 4.69) is 10.3 Å². The Kier molecular flexibility index (Phi) is 2.24. The minimum absolute atomic E-state index is 0.0227. The highest BCUT2D eigenvalue weighted by molar-refractivity contribution is 5.87. The summed E-state index contributed by atoms with van der Waals surface area (Å²) in [7, 11) is 0. The van der Waals surface area contributed by atoms with Crippen molar-refractivity contribution in [1.29, 1.82) is 0 Å². The van der Waals surface area contributed by atoms with Crippen LogP contribution in [0, 0.1) is 5.82 Å². The number of nitrogens with two attached hydrogens (primary N) is 1. The third kappa shape index (κ3) is 1.74. The molecule has 0 spiro atoms. The van der Waals surface area contributed by atoms with E-state index in [1.807, 2.05) is 0 Å². The van der Waals surface area contributed by atoms with Crippen molar-refractivity contribution in [2.75, 3.05) is 0 Å². The van der Waals surface area contributed by atoms with Crippen LogP contribution in [0.4, 0.5) is 4.39 Å². The number of hydrogen-bond acceptors (Lipinski definition) is 4. The van der Waals surface area contributed by atoms with Crippen molar-refractivity contribution in [2.24, 2.45) is 10.9 Å². The quantitative estimate of drug-likeness (QED) is 0.337. The molecule has 0 unspecified atom stereocenters. The molecule has 2 rings (SSSR count). The Morgan fingerprint density at radius 2 is 2.40 bits per heavy atom. The zero-order chi connectivity index (χ0) is 10.8. The number of amidine groups is 1. The third-order valence-corrected chi connectivity index (χ3v) is 1.99. The van der Waals surface area contributed by atoms with Gasteiger partial charge in [-0.25, -0.2) is 4.39 Å². The summed E-state index contributed by atoms with van der Waals surface area (Å²) >= 11 is 0. The first-order valence-corrected chi connectivity index (χ1v) is 4.21. The largest absolute Gasteiger partial charge is 0.409 e. The molecule has 0 amide bonds. The van der Waals surface area contributed by atoms with Crippen molar-refractivity contribution in [1.82, 2.24) is 5.16 Å². The Balaban J connectivity index is 2.45. The van der Waals surface area contributed by atoms with Crippen LogP contribution in [-0.4, -0.2) is 16.2 Å². The lowest BCUT2D eigenvalue weighted by atomic mass is 10.1. The first-order valence-electron chi connectivity index (χ1n) is 4.21. The lowest BCUT2D eigenvalue weighted by molar-refractivity contribution is 0.317. The zero-order valence-electron chi connectivity index (χ0n) is 7.64. The highest BCUT2D eigenvalue weighted by atomic mass is 19.1. The number of nitrogens with zero attached hydrogens (tertiary/aromatic N) is 2. The average molecular weight is 209 g/mol. The molecule has 0 saturated carbocycles. The van der Waals surface area contributed by atoms with Gasteiger partial charge in [-0.1, -0.05) is 10.3 Å². The number of hydrogen-bond donors (Lipinski definition) is 2. The van der Waals surface area contributed by atoms with Crippen molar-refractivity contribution < 1.29 is 14.1 Å². The lowest BCUT2D eigenvalue weighted by Crippen LogP contribution is -2.14. The van der Waals surface area contributed by atoms with Crippen LogP contribution in [0.25, 0.3) is 11.0 Å². The monoisotopic (exact) mass is 209 g/mol. The summed E-state index contributed by atoms with van der Waals surface area (Å²) in [4.78, 5) is 0. The fourth-order valence-corrected chi connectivity index (χ4v) is 1.30. The zero-order valence-corrected chi connectivity index (χ0v) is 7.64. The minimum atomic E-state index is -0.394. The van der Waals surface area contributed by atoms with E-state index >= 15 is 0 Å². The highest BCUT2D eigenvalue weighted by Gasteiger charge is 2.10. The summed E-state index contributed by atoms with van der Waals surface area (Å²) in [5.41, 5.74) is 6.19. The van der Waals surface area contributed by atoms with Crippen LogP contribution in [0.5, 0.6) is 0 Å². The Morgan fingerprint density at radius 3 is 3.13 bits per heavy atom. The van der Waals surface area contributed by atoms with E-state index < -0.39 is 5.82 Å². The van der Waals surface area contributed by atoms with Gasteiger partial charge in [-0.15, -0.1) is 0 Å². The van der Waals surface area contributed by atoms with Gasteiger partial charge in [-0.3, -0.25) is 0 Å². The molecule has 0 fully saturated rings. The van der Waals surface area contributed by atoms with Crippen molar-refractivity contribution in [2.45, 2.75) is 6.42 Å². The molecule has 15 heavy (non-hydrogen) atoms. The third-order valence-electron chi connectivity index (χ3n) is 1.99. The number of benzene rings is 1. The highest BCUT2D eigenvalue weighted by Crippen LogP contribution is 2.19. The first kappa shape index (κ1) is 9.45. The molecule has 2 aromatic rings. The number of aromatic nitrogens is 1. The summed E-state index contributed by atoms with van der Waals surface area (Å²) in [5, 5.41) is 15.6. The molecule has 0 aliphatic carbocycles. The molecular formula is C9H8FN3O2. The summed E-state index contributed by atoms with van der Waals surface area (Å²) in [6.45, 7) is 0. The molecular weight excluding hydrogens is 201 g/mol. The van der Waals surface area contributed by atoms with Crippen molar-refractivity contribution in [3.63, 3.8) is 0 Å². The molecule has 78 valence electrons.